The lowest BCUT2D eigenvalue weighted by Crippen LogP contribution is -2.41. The van der Waals surface area contributed by atoms with Crippen LogP contribution >= 0.6 is 11.6 Å². The van der Waals surface area contributed by atoms with Crippen LogP contribution in [0.4, 0.5) is 0 Å². The standard InChI is InChI=1S/C23H20ClN5O3/c1-14-20-11-17(12-25-21(20)29(2)28-14)23(31)27-26-22(30)16-5-3-15(4-6-16)13-32-19-9-7-18(24)8-10-19/h3-12H,13H2,1-2H3,(H,26,30)(H,27,31). The summed E-state index contributed by atoms with van der Waals surface area (Å²) in [7, 11) is 1.79. The molecule has 0 radical (unpaired) electrons. The Hall–Kier alpha value is -3.91. The van der Waals surface area contributed by atoms with Crippen LogP contribution in [0.5, 0.6) is 5.75 Å². The molecule has 0 aliphatic heterocycles. The van der Waals surface area contributed by atoms with Gasteiger partial charge in [0.2, 0.25) is 0 Å². The van der Waals surface area contributed by atoms with E-state index >= 15 is 0 Å². The number of fused-ring (bicyclic) bond motifs is 1. The highest BCUT2D eigenvalue weighted by atomic mass is 35.5. The highest BCUT2D eigenvalue weighted by Crippen LogP contribution is 2.18. The second-order valence-corrected chi connectivity index (χ2v) is 7.59. The van der Waals surface area contributed by atoms with Crippen LogP contribution in [0.3, 0.4) is 0 Å². The van der Waals surface area contributed by atoms with Crippen LogP contribution in [0.2, 0.25) is 5.02 Å². The average Bonchev–Trinajstić information content (AvgIpc) is 3.10. The number of nitrogens with zero attached hydrogens (tertiary/aromatic N) is 3. The summed E-state index contributed by atoms with van der Waals surface area (Å²) in [5, 5.41) is 5.71. The van der Waals surface area contributed by atoms with E-state index in [9.17, 15) is 9.59 Å². The van der Waals surface area contributed by atoms with Crippen LogP contribution in [-0.2, 0) is 13.7 Å². The summed E-state index contributed by atoms with van der Waals surface area (Å²) in [6.07, 6.45) is 1.44. The lowest BCUT2D eigenvalue weighted by molar-refractivity contribution is 0.0846. The van der Waals surface area contributed by atoms with E-state index < -0.39 is 11.8 Å². The van der Waals surface area contributed by atoms with Crippen molar-refractivity contribution in [2.45, 2.75) is 13.5 Å². The molecule has 0 bridgehead atoms. The van der Waals surface area contributed by atoms with Crippen molar-refractivity contribution in [2.75, 3.05) is 0 Å². The van der Waals surface area contributed by atoms with E-state index in [2.05, 4.69) is 20.9 Å². The van der Waals surface area contributed by atoms with Gasteiger partial charge in [-0.2, -0.15) is 5.10 Å². The molecule has 0 saturated heterocycles. The van der Waals surface area contributed by atoms with E-state index in [-0.39, 0.29) is 0 Å². The minimum atomic E-state index is -0.469. The first kappa shape index (κ1) is 21.3. The third-order valence-corrected chi connectivity index (χ3v) is 5.10. The molecule has 0 unspecified atom stereocenters. The quantitative estimate of drug-likeness (QED) is 0.454. The number of aryl methyl sites for hydroxylation is 2. The predicted octanol–water partition coefficient (Wildman–Crippen LogP) is 3.58. The van der Waals surface area contributed by atoms with E-state index in [0.717, 1.165) is 16.6 Å². The summed E-state index contributed by atoms with van der Waals surface area (Å²) in [6.45, 7) is 2.20. The molecule has 0 aliphatic rings. The minimum Gasteiger partial charge on any atom is -0.489 e. The van der Waals surface area contributed by atoms with Crippen LogP contribution in [0.25, 0.3) is 11.0 Å². The van der Waals surface area contributed by atoms with Gasteiger partial charge in [0.05, 0.1) is 11.3 Å². The Morgan fingerprint density at radius 3 is 2.34 bits per heavy atom. The van der Waals surface area contributed by atoms with Crippen molar-refractivity contribution in [2.24, 2.45) is 7.05 Å². The number of hydrogen-bond donors (Lipinski definition) is 2. The van der Waals surface area contributed by atoms with Crippen LogP contribution in [0.15, 0.2) is 60.8 Å². The largest absolute Gasteiger partial charge is 0.489 e. The van der Waals surface area contributed by atoms with Gasteiger partial charge in [-0.3, -0.25) is 25.1 Å². The fourth-order valence-electron chi connectivity index (χ4n) is 3.14. The zero-order valence-electron chi connectivity index (χ0n) is 17.4. The Bertz CT molecular complexity index is 1280. The molecular weight excluding hydrogens is 430 g/mol. The van der Waals surface area contributed by atoms with Crippen molar-refractivity contribution < 1.29 is 14.3 Å². The predicted molar refractivity (Wildman–Crippen MR) is 120 cm³/mol. The number of carbonyl (C=O) groups excluding carboxylic acids is 2. The highest BCUT2D eigenvalue weighted by Gasteiger charge is 2.13. The molecule has 32 heavy (non-hydrogen) atoms. The zero-order chi connectivity index (χ0) is 22.7. The van der Waals surface area contributed by atoms with Gasteiger partial charge in [0.1, 0.15) is 12.4 Å². The van der Waals surface area contributed by atoms with E-state index in [1.807, 2.05) is 6.92 Å². The zero-order valence-corrected chi connectivity index (χ0v) is 18.2. The molecule has 0 atom stereocenters. The number of rotatable bonds is 5. The van der Waals surface area contributed by atoms with E-state index in [4.69, 9.17) is 16.3 Å². The SMILES string of the molecule is Cc1nn(C)c2ncc(C(=O)NNC(=O)c3ccc(COc4ccc(Cl)cc4)cc3)cc12. The van der Waals surface area contributed by atoms with Crippen LogP contribution in [-0.4, -0.2) is 26.6 Å². The Morgan fingerprint density at radius 2 is 1.66 bits per heavy atom. The maximum atomic E-state index is 12.4. The average molecular weight is 450 g/mol. The molecular formula is C23H20ClN5O3. The van der Waals surface area contributed by atoms with Crippen molar-refractivity contribution >= 4 is 34.4 Å². The molecule has 2 amide bonds. The molecule has 0 saturated carbocycles. The van der Waals surface area contributed by atoms with Crippen molar-refractivity contribution in [3.05, 3.63) is 88.2 Å². The van der Waals surface area contributed by atoms with Crippen molar-refractivity contribution in [1.82, 2.24) is 25.6 Å². The van der Waals surface area contributed by atoms with Gasteiger partial charge < -0.3 is 4.74 Å². The first-order valence-corrected chi connectivity index (χ1v) is 10.2. The Morgan fingerprint density at radius 1 is 1.00 bits per heavy atom. The molecule has 8 nitrogen and oxygen atoms in total. The number of carbonyl (C=O) groups is 2. The number of hydrogen-bond acceptors (Lipinski definition) is 5. The van der Waals surface area contributed by atoms with Crippen molar-refractivity contribution in [1.29, 1.82) is 0 Å². The Labute approximate surface area is 189 Å². The molecule has 0 fully saturated rings. The van der Waals surface area contributed by atoms with Gasteiger partial charge in [0.15, 0.2) is 5.65 Å². The molecule has 0 spiro atoms. The summed E-state index contributed by atoms with van der Waals surface area (Å²) >= 11 is 5.86. The maximum Gasteiger partial charge on any atom is 0.271 e. The van der Waals surface area contributed by atoms with Crippen LogP contribution in [0.1, 0.15) is 32.0 Å². The summed E-state index contributed by atoms with van der Waals surface area (Å²) < 4.78 is 7.34. The molecule has 4 rings (SSSR count). The topological polar surface area (TPSA) is 98.1 Å². The summed E-state index contributed by atoms with van der Waals surface area (Å²) in [6, 6.07) is 15.7. The molecule has 2 aromatic heterocycles. The number of nitrogens with one attached hydrogen (secondary N) is 2. The lowest BCUT2D eigenvalue weighted by atomic mass is 10.1. The van der Waals surface area contributed by atoms with Gasteiger partial charge in [-0.15, -0.1) is 0 Å². The number of hydrazine groups is 1. The lowest BCUT2D eigenvalue weighted by Gasteiger charge is -2.09. The first-order valence-electron chi connectivity index (χ1n) is 9.78. The van der Waals surface area contributed by atoms with Gasteiger partial charge in [0.25, 0.3) is 11.8 Å². The van der Waals surface area contributed by atoms with E-state index in [0.29, 0.717) is 34.2 Å². The number of halogens is 1. The second kappa shape index (κ2) is 9.07. The van der Waals surface area contributed by atoms with Gasteiger partial charge in [0, 0.05) is 29.2 Å². The highest BCUT2D eigenvalue weighted by molar-refractivity contribution is 6.30. The van der Waals surface area contributed by atoms with Gasteiger partial charge in [-0.1, -0.05) is 23.7 Å². The smallest absolute Gasteiger partial charge is 0.271 e. The summed E-state index contributed by atoms with van der Waals surface area (Å²) in [5.74, 6) is -0.202. The van der Waals surface area contributed by atoms with Gasteiger partial charge >= 0.3 is 0 Å². The fraction of sp³-hybridized carbons (Fsp3) is 0.130. The molecule has 162 valence electrons. The van der Waals surface area contributed by atoms with E-state index in [1.54, 1.807) is 66.3 Å². The molecule has 2 heterocycles. The van der Waals surface area contributed by atoms with Crippen LogP contribution in [0, 0.1) is 6.92 Å². The summed E-state index contributed by atoms with van der Waals surface area (Å²) in [5.41, 5.74) is 7.90. The van der Waals surface area contributed by atoms with Gasteiger partial charge in [-0.05, 0) is 55.0 Å². The Kier molecular flexibility index (Phi) is 6.04. The number of benzene rings is 2. The second-order valence-electron chi connectivity index (χ2n) is 7.15. The minimum absolute atomic E-state index is 0.323. The van der Waals surface area contributed by atoms with Crippen LogP contribution < -0.4 is 15.6 Å². The number of ether oxygens (including phenoxy) is 1. The summed E-state index contributed by atoms with van der Waals surface area (Å²) in [4.78, 5) is 29.1. The third-order valence-electron chi connectivity index (χ3n) is 4.85. The number of aromatic nitrogens is 3. The molecule has 9 heteroatoms. The third kappa shape index (κ3) is 4.70. The molecule has 2 aromatic carbocycles. The molecule has 0 aliphatic carbocycles. The normalized spacial score (nSPS) is 10.7. The van der Waals surface area contributed by atoms with E-state index in [1.165, 1.54) is 6.20 Å². The number of pyridine rings is 1. The molecule has 2 N–H and O–H groups in total. The maximum absolute atomic E-state index is 12.4. The van der Waals surface area contributed by atoms with Crippen molar-refractivity contribution in [3.63, 3.8) is 0 Å². The fourth-order valence-corrected chi connectivity index (χ4v) is 3.27. The number of amides is 2. The monoisotopic (exact) mass is 449 g/mol. The first-order chi connectivity index (χ1) is 15.4. The Balaban J connectivity index is 1.33. The molecule has 4 aromatic rings. The van der Waals surface area contributed by atoms with Gasteiger partial charge in [-0.25, -0.2) is 4.98 Å². The van der Waals surface area contributed by atoms with Crippen molar-refractivity contribution in [3.8, 4) is 5.75 Å².